The summed E-state index contributed by atoms with van der Waals surface area (Å²) in [5.41, 5.74) is 5.12. The Bertz CT molecular complexity index is 1160. The van der Waals surface area contributed by atoms with E-state index in [1.165, 1.54) is 13.1 Å². The number of rotatable bonds is 11. The van der Waals surface area contributed by atoms with Crippen molar-refractivity contribution in [1.29, 1.82) is 0 Å². The zero-order valence-electron chi connectivity index (χ0n) is 16.8. The van der Waals surface area contributed by atoms with Crippen LogP contribution < -0.4 is 11.0 Å². The molecule has 0 bridgehead atoms. The highest BCUT2D eigenvalue weighted by Crippen LogP contribution is 2.66. The van der Waals surface area contributed by atoms with Crippen LogP contribution in [-0.2, 0) is 31.6 Å². The van der Waals surface area contributed by atoms with E-state index in [0.717, 1.165) is 6.20 Å². The second-order valence-corrected chi connectivity index (χ2v) is 10.9. The highest BCUT2D eigenvalue weighted by atomic mass is 31.3. The third-order valence-electron chi connectivity index (χ3n) is 4.12. The Kier molecular flexibility index (Phi) is 8.78. The van der Waals surface area contributed by atoms with Crippen LogP contribution in [0.3, 0.4) is 0 Å². The van der Waals surface area contributed by atoms with Crippen molar-refractivity contribution in [3.63, 3.8) is 0 Å². The first-order chi connectivity index (χ1) is 15.5. The molecule has 1 fully saturated rings. The van der Waals surface area contributed by atoms with Gasteiger partial charge in [0.05, 0.1) is 13.2 Å². The first kappa shape index (κ1) is 28.5. The number of nitrogens with zero attached hydrogens (tertiary/aromatic N) is 5. The van der Waals surface area contributed by atoms with E-state index < -0.39 is 66.4 Å². The molecule has 1 aromatic heterocycles. The summed E-state index contributed by atoms with van der Waals surface area (Å²) in [6.45, 7) is -2.28. The zero-order valence-corrected chi connectivity index (χ0v) is 19.4. The first-order valence-electron chi connectivity index (χ1n) is 8.61. The van der Waals surface area contributed by atoms with Crippen molar-refractivity contribution in [2.24, 2.45) is 5.11 Å². The third kappa shape index (κ3) is 7.13. The van der Waals surface area contributed by atoms with Crippen molar-refractivity contribution < 1.29 is 60.6 Å². The summed E-state index contributed by atoms with van der Waals surface area (Å²) in [5, 5.41) is 16.0. The number of phosphoric ester groups is 1. The number of nitrogens with one attached hydrogen (secondary N) is 1. The minimum absolute atomic E-state index is 0.114. The monoisotopic (exact) mass is 554 g/mol. The Morgan fingerprint density at radius 2 is 1.97 bits per heavy atom. The van der Waals surface area contributed by atoms with Gasteiger partial charge in [-0.25, -0.2) is 22.9 Å². The van der Waals surface area contributed by atoms with Gasteiger partial charge in [0, 0.05) is 18.2 Å². The molecule has 6 N–H and O–H groups in total. The number of phosphoric acid groups is 3. The second kappa shape index (κ2) is 10.5. The number of hydrogen-bond acceptors (Lipinski definition) is 12. The Morgan fingerprint density at radius 3 is 2.50 bits per heavy atom. The summed E-state index contributed by atoms with van der Waals surface area (Å²) >= 11 is 0. The summed E-state index contributed by atoms with van der Waals surface area (Å²) in [5.74, 6) is 0.114. The van der Waals surface area contributed by atoms with Gasteiger partial charge in [-0.15, -0.1) is 0 Å². The van der Waals surface area contributed by atoms with E-state index in [0.29, 0.717) is 4.57 Å². The fourth-order valence-electron chi connectivity index (χ4n) is 2.72. The maximum Gasteiger partial charge on any atom is 0.490 e. The number of aromatic nitrogens is 2. The van der Waals surface area contributed by atoms with Gasteiger partial charge in [0.15, 0.2) is 12.4 Å². The number of ether oxygens (including phenoxy) is 1. The van der Waals surface area contributed by atoms with E-state index in [-0.39, 0.29) is 5.82 Å². The lowest BCUT2D eigenvalue weighted by Gasteiger charge is -2.30. The van der Waals surface area contributed by atoms with Gasteiger partial charge >= 0.3 is 29.2 Å². The van der Waals surface area contributed by atoms with E-state index >= 15 is 0 Å². The maximum atomic E-state index is 14.9. The van der Waals surface area contributed by atoms with Crippen LogP contribution in [0.2, 0.25) is 0 Å². The Hall–Kier alpha value is -1.75. The molecule has 2 heterocycles. The van der Waals surface area contributed by atoms with Crippen molar-refractivity contribution in [3.8, 4) is 0 Å². The van der Waals surface area contributed by atoms with Crippen LogP contribution in [0.4, 0.5) is 10.2 Å². The lowest BCUT2D eigenvalue weighted by atomic mass is 9.97. The molecule has 1 aromatic rings. The van der Waals surface area contributed by atoms with Crippen LogP contribution in [0.25, 0.3) is 10.4 Å². The molecule has 0 amide bonds. The number of hydrogen-bond donors (Lipinski definition) is 6. The SMILES string of the molecule is CNc1ccn(C2O[C@](CN=[N+]=[N-])(COP(=O)(O)OP(=O)(O)OP(=O)(O)O)[C@@H](O)[C@H]2F)c(=O)n1. The van der Waals surface area contributed by atoms with E-state index in [1.54, 1.807) is 0 Å². The topological polar surface area (TPSA) is 285 Å². The minimum atomic E-state index is -5.86. The molecule has 23 heteroatoms. The maximum absolute atomic E-state index is 14.9. The lowest BCUT2D eigenvalue weighted by Crippen LogP contribution is -2.48. The van der Waals surface area contributed by atoms with Crippen LogP contribution in [-0.4, -0.2) is 72.3 Å². The molecule has 1 saturated heterocycles. The Labute approximate surface area is 188 Å². The number of azide groups is 1. The van der Waals surface area contributed by atoms with Gasteiger partial charge < -0.3 is 34.7 Å². The normalized spacial score (nSPS) is 28.5. The highest BCUT2D eigenvalue weighted by molar-refractivity contribution is 7.66. The summed E-state index contributed by atoms with van der Waals surface area (Å²) in [7, 11) is -15.8. The molecule has 192 valence electrons. The third-order valence-corrected chi connectivity index (χ3v) is 7.90. The van der Waals surface area contributed by atoms with E-state index in [2.05, 4.69) is 33.5 Å². The molecule has 6 atom stereocenters. The number of anilines is 1. The van der Waals surface area contributed by atoms with Crippen LogP contribution in [0.5, 0.6) is 0 Å². The first-order valence-corrected chi connectivity index (χ1v) is 13.1. The van der Waals surface area contributed by atoms with Gasteiger partial charge in [-0.05, 0) is 11.6 Å². The number of aliphatic hydroxyl groups excluding tert-OH is 1. The average molecular weight is 554 g/mol. The number of halogens is 1. The van der Waals surface area contributed by atoms with Crippen LogP contribution in [0.1, 0.15) is 6.23 Å². The Balaban J connectivity index is 2.31. The van der Waals surface area contributed by atoms with Crippen molar-refractivity contribution in [1.82, 2.24) is 9.55 Å². The van der Waals surface area contributed by atoms with Crippen molar-refractivity contribution in [2.75, 3.05) is 25.5 Å². The molecule has 0 aromatic carbocycles. The number of alkyl halides is 1. The molecule has 0 spiro atoms. The second-order valence-electron chi connectivity index (χ2n) is 6.47. The molecular weight excluding hydrogens is 536 g/mol. The quantitative estimate of drug-likeness (QED) is 0.0901. The van der Waals surface area contributed by atoms with Crippen LogP contribution in [0.15, 0.2) is 22.2 Å². The largest absolute Gasteiger partial charge is 0.490 e. The van der Waals surface area contributed by atoms with Gasteiger partial charge in [0.2, 0.25) is 0 Å². The zero-order chi connectivity index (χ0) is 25.9. The Morgan fingerprint density at radius 1 is 1.32 bits per heavy atom. The summed E-state index contributed by atoms with van der Waals surface area (Å²) in [6.07, 6.45) is -5.50. The molecular formula is C11H18FN6O13P3. The van der Waals surface area contributed by atoms with Crippen molar-refractivity contribution in [2.45, 2.75) is 24.1 Å². The molecule has 34 heavy (non-hydrogen) atoms. The van der Waals surface area contributed by atoms with Gasteiger partial charge in [-0.2, -0.15) is 13.6 Å². The molecule has 1 aliphatic rings. The van der Waals surface area contributed by atoms with Crippen molar-refractivity contribution >= 4 is 29.3 Å². The number of aliphatic hydroxyl groups is 1. The highest BCUT2D eigenvalue weighted by Gasteiger charge is 2.57. The summed E-state index contributed by atoms with van der Waals surface area (Å²) in [4.78, 5) is 54.0. The molecule has 0 aliphatic carbocycles. The fraction of sp³-hybridized carbons (Fsp3) is 0.636. The molecule has 0 radical (unpaired) electrons. The molecule has 1 aliphatic heterocycles. The molecule has 2 rings (SSSR count). The van der Waals surface area contributed by atoms with Gasteiger partial charge in [0.25, 0.3) is 0 Å². The summed E-state index contributed by atoms with van der Waals surface area (Å²) in [6, 6.07) is 1.25. The molecule has 3 unspecified atom stereocenters. The van der Waals surface area contributed by atoms with Gasteiger partial charge in [-0.1, -0.05) is 5.11 Å². The fourth-order valence-corrected chi connectivity index (χ4v) is 5.79. The molecule has 0 saturated carbocycles. The van der Waals surface area contributed by atoms with E-state index in [9.17, 15) is 37.8 Å². The van der Waals surface area contributed by atoms with Gasteiger partial charge in [-0.3, -0.25) is 9.09 Å². The predicted molar refractivity (Wildman–Crippen MR) is 106 cm³/mol. The van der Waals surface area contributed by atoms with E-state index in [1.807, 2.05) is 0 Å². The molecule has 19 nitrogen and oxygen atoms in total. The standard InChI is InChI=1S/C11H18FN6O13P3/c1-14-6-2-3-18(10(20)16-6)9-7(12)8(19)11(29-9,4-15-17-13)5-28-33(24,25)31-34(26,27)30-32(21,22)23/h2-3,7-9,19H,4-5H2,1H3,(H,24,25)(H,26,27)(H,14,16,20)(H2,21,22,23)/t7-,8+,9?,11-/m1/s1. The smallest absolute Gasteiger partial charge is 0.387 e. The minimum Gasteiger partial charge on any atom is -0.387 e. The average Bonchev–Trinajstić information content (AvgIpc) is 2.93. The summed E-state index contributed by atoms with van der Waals surface area (Å²) < 4.78 is 66.5. The van der Waals surface area contributed by atoms with Crippen molar-refractivity contribution in [3.05, 3.63) is 33.2 Å². The van der Waals surface area contributed by atoms with Crippen LogP contribution in [0, 0.1) is 0 Å². The predicted octanol–water partition coefficient (Wildman–Crippen LogP) is -0.0948. The van der Waals surface area contributed by atoms with E-state index in [4.69, 9.17) is 20.1 Å². The lowest BCUT2D eigenvalue weighted by molar-refractivity contribution is -0.120. The van der Waals surface area contributed by atoms with Crippen LogP contribution >= 0.6 is 23.5 Å². The van der Waals surface area contributed by atoms with Gasteiger partial charge in [0.1, 0.15) is 17.5 Å².